The van der Waals surface area contributed by atoms with Gasteiger partial charge in [-0.25, -0.2) is 9.59 Å². The Balaban J connectivity index is 1.55. The first-order valence-corrected chi connectivity index (χ1v) is 12.5. The molecule has 5 N–H and O–H groups in total. The second-order valence-corrected chi connectivity index (χ2v) is 9.99. The van der Waals surface area contributed by atoms with Crippen LogP contribution in [0.15, 0.2) is 48.2 Å². The van der Waals surface area contributed by atoms with Crippen molar-refractivity contribution in [1.82, 2.24) is 0 Å². The summed E-state index contributed by atoms with van der Waals surface area (Å²) < 4.78 is 22.2. The predicted octanol–water partition coefficient (Wildman–Crippen LogP) is -0.252. The van der Waals surface area contributed by atoms with Gasteiger partial charge in [-0.1, -0.05) is 37.3 Å². The summed E-state index contributed by atoms with van der Waals surface area (Å²) in [6, 6.07) is 9.13. The smallest absolute Gasteiger partial charge is 0.337 e. The van der Waals surface area contributed by atoms with Gasteiger partial charge in [0.15, 0.2) is 0 Å². The van der Waals surface area contributed by atoms with Crippen LogP contribution in [0, 0.1) is 23.7 Å². The van der Waals surface area contributed by atoms with Crippen LogP contribution in [0.5, 0.6) is 0 Å². The highest BCUT2D eigenvalue weighted by Gasteiger charge is 2.59. The van der Waals surface area contributed by atoms with Crippen LogP contribution in [0.25, 0.3) is 6.08 Å². The van der Waals surface area contributed by atoms with E-state index >= 15 is 0 Å². The van der Waals surface area contributed by atoms with E-state index in [1.54, 1.807) is 13.0 Å². The van der Waals surface area contributed by atoms with Gasteiger partial charge in [-0.3, -0.25) is 0 Å². The minimum Gasteiger partial charge on any atom is -0.472 e. The van der Waals surface area contributed by atoms with Gasteiger partial charge >= 0.3 is 11.9 Å². The lowest BCUT2D eigenvalue weighted by molar-refractivity contribution is -0.248. The molecule has 0 spiro atoms. The van der Waals surface area contributed by atoms with Crippen LogP contribution in [0.4, 0.5) is 0 Å². The molecule has 208 valence electrons. The molecule has 3 aliphatic rings. The second-order valence-electron chi connectivity index (χ2n) is 9.99. The van der Waals surface area contributed by atoms with E-state index in [-0.39, 0.29) is 12.0 Å². The van der Waals surface area contributed by atoms with Gasteiger partial charge in [-0.05, 0) is 18.1 Å². The Morgan fingerprint density at radius 2 is 1.76 bits per heavy atom. The zero-order valence-corrected chi connectivity index (χ0v) is 21.1. The summed E-state index contributed by atoms with van der Waals surface area (Å²) in [4.78, 5) is 25.1. The summed E-state index contributed by atoms with van der Waals surface area (Å²) in [5.74, 6) is -4.29. The van der Waals surface area contributed by atoms with E-state index in [2.05, 4.69) is 0 Å². The van der Waals surface area contributed by atoms with Crippen molar-refractivity contribution in [2.24, 2.45) is 23.7 Å². The minimum atomic E-state index is -1.55. The van der Waals surface area contributed by atoms with Crippen molar-refractivity contribution in [2.45, 2.75) is 56.3 Å². The maximum Gasteiger partial charge on any atom is 0.337 e. The summed E-state index contributed by atoms with van der Waals surface area (Å²) in [6.45, 7) is 1.29. The molecule has 0 bridgehead atoms. The molecule has 1 aromatic carbocycles. The number of carbonyl (C=O) groups excluding carboxylic acids is 2. The van der Waals surface area contributed by atoms with Crippen molar-refractivity contribution in [3.63, 3.8) is 0 Å². The van der Waals surface area contributed by atoms with E-state index in [1.165, 1.54) is 13.2 Å². The Bertz CT molecular complexity index is 1040. The lowest BCUT2D eigenvalue weighted by atomic mass is 9.80. The van der Waals surface area contributed by atoms with Gasteiger partial charge in [-0.2, -0.15) is 0 Å². The van der Waals surface area contributed by atoms with Gasteiger partial charge in [0, 0.05) is 36.4 Å². The van der Waals surface area contributed by atoms with Crippen molar-refractivity contribution in [3.05, 3.63) is 53.8 Å². The first-order chi connectivity index (χ1) is 18.2. The Labute approximate surface area is 219 Å². The van der Waals surface area contributed by atoms with Crippen LogP contribution in [0.2, 0.25) is 0 Å². The summed E-state index contributed by atoms with van der Waals surface area (Å²) >= 11 is 0. The summed E-state index contributed by atoms with van der Waals surface area (Å²) in [7, 11) is 1.19. The zero-order chi connectivity index (χ0) is 27.6. The Hall–Kier alpha value is -2.80. The van der Waals surface area contributed by atoms with Gasteiger partial charge in [0.25, 0.3) is 0 Å². The quantitative estimate of drug-likeness (QED) is 0.231. The summed E-state index contributed by atoms with van der Waals surface area (Å²) in [5, 5.41) is 51.7. The molecular weight excluding hydrogens is 500 g/mol. The number of hydrogen-bond acceptors (Lipinski definition) is 11. The highest BCUT2D eigenvalue weighted by molar-refractivity contribution is 5.89. The average Bonchev–Trinajstić information content (AvgIpc) is 3.17. The van der Waals surface area contributed by atoms with E-state index in [1.807, 2.05) is 30.3 Å². The molecule has 2 fully saturated rings. The molecule has 4 rings (SSSR count). The van der Waals surface area contributed by atoms with E-state index in [4.69, 9.17) is 18.9 Å². The van der Waals surface area contributed by atoms with E-state index in [9.17, 15) is 35.1 Å². The molecule has 1 aliphatic heterocycles. The monoisotopic (exact) mass is 534 g/mol. The van der Waals surface area contributed by atoms with Gasteiger partial charge < -0.3 is 44.5 Å². The number of hydrogen-bond donors (Lipinski definition) is 5. The number of benzene rings is 1. The highest BCUT2D eigenvalue weighted by Crippen LogP contribution is 2.49. The third-order valence-corrected chi connectivity index (χ3v) is 7.77. The molecule has 0 amide bonds. The van der Waals surface area contributed by atoms with Crippen molar-refractivity contribution in [1.29, 1.82) is 0 Å². The third-order valence-electron chi connectivity index (χ3n) is 7.77. The molecule has 11 heteroatoms. The zero-order valence-electron chi connectivity index (χ0n) is 21.1. The van der Waals surface area contributed by atoms with Gasteiger partial charge in [0.1, 0.15) is 18.3 Å². The average molecular weight is 535 g/mol. The number of methoxy groups -OCH3 is 1. The SMILES string of the molecule is COC(=O)C1=CO[C@@H](OC2CC(CO)C(O)C(O)C2O)[C@@H]2[C@@H](C)[C@@H](OC(=O)/C=C/c3ccccc3)[C@@H](O)[C@H]12. The van der Waals surface area contributed by atoms with Crippen molar-refractivity contribution >= 4 is 18.0 Å². The second kappa shape index (κ2) is 11.9. The highest BCUT2D eigenvalue weighted by atomic mass is 16.7. The number of fused-ring (bicyclic) bond motifs is 1. The first kappa shape index (κ1) is 28.2. The molecule has 0 aromatic heterocycles. The van der Waals surface area contributed by atoms with Crippen LogP contribution < -0.4 is 0 Å². The Morgan fingerprint density at radius 1 is 1.05 bits per heavy atom. The van der Waals surface area contributed by atoms with Crippen LogP contribution in [0.1, 0.15) is 18.9 Å². The van der Waals surface area contributed by atoms with Crippen LogP contribution in [-0.4, -0.2) is 94.1 Å². The molecule has 38 heavy (non-hydrogen) atoms. The minimum absolute atomic E-state index is 0.0281. The number of carbonyl (C=O) groups is 2. The molecule has 1 aromatic rings. The molecule has 0 radical (unpaired) electrons. The normalized spacial score (nSPS) is 38.7. The van der Waals surface area contributed by atoms with Crippen molar-refractivity contribution in [2.75, 3.05) is 13.7 Å². The topological polar surface area (TPSA) is 172 Å². The molecule has 2 saturated carbocycles. The maximum atomic E-state index is 12.6. The number of ether oxygens (including phenoxy) is 4. The molecule has 11 nitrogen and oxygen atoms in total. The molecule has 5 unspecified atom stereocenters. The van der Waals surface area contributed by atoms with Crippen LogP contribution in [-0.2, 0) is 28.5 Å². The Kier molecular flexibility index (Phi) is 8.86. The van der Waals surface area contributed by atoms with Gasteiger partial charge in [0.05, 0.1) is 37.3 Å². The summed E-state index contributed by atoms with van der Waals surface area (Å²) in [6.07, 6.45) is -4.82. The van der Waals surface area contributed by atoms with E-state index < -0.39 is 85.1 Å². The Morgan fingerprint density at radius 3 is 2.42 bits per heavy atom. The number of aliphatic hydroxyl groups is 5. The summed E-state index contributed by atoms with van der Waals surface area (Å²) in [5.41, 5.74) is 0.832. The number of rotatable bonds is 7. The first-order valence-electron chi connectivity index (χ1n) is 12.5. The lowest BCUT2D eigenvalue weighted by Gasteiger charge is -2.43. The fourth-order valence-electron chi connectivity index (χ4n) is 5.68. The van der Waals surface area contributed by atoms with Gasteiger partial charge in [-0.15, -0.1) is 0 Å². The third kappa shape index (κ3) is 5.49. The van der Waals surface area contributed by atoms with Crippen LogP contribution >= 0.6 is 0 Å². The molecule has 2 aliphatic carbocycles. The molecular formula is C27H34O11. The number of esters is 2. The van der Waals surface area contributed by atoms with E-state index in [0.717, 1.165) is 11.8 Å². The van der Waals surface area contributed by atoms with Crippen molar-refractivity contribution in [3.8, 4) is 0 Å². The van der Waals surface area contributed by atoms with Crippen LogP contribution in [0.3, 0.4) is 0 Å². The maximum absolute atomic E-state index is 12.6. The lowest BCUT2D eigenvalue weighted by Crippen LogP contribution is -2.56. The number of aliphatic hydroxyl groups excluding tert-OH is 5. The fourth-order valence-corrected chi connectivity index (χ4v) is 5.68. The molecule has 11 atom stereocenters. The standard InChI is InChI=1S/C27H34O11/c1-13-19-20(23(32)25(13)38-18(29)9-8-14-6-4-3-5-7-14)16(26(34)35-2)12-36-27(19)37-17-10-15(11-28)21(30)24(33)22(17)31/h3-9,12-13,15,17,19-25,27-28,30-33H,10-11H2,1-2H3/b9-8+/t13-,15?,17?,19-,20-,21?,22?,23+,24?,25-,27+/m1/s1. The molecule has 1 heterocycles. The fraction of sp³-hybridized carbons (Fsp3) is 0.556. The van der Waals surface area contributed by atoms with Crippen molar-refractivity contribution < 1.29 is 54.1 Å². The molecule has 0 saturated heterocycles. The van der Waals surface area contributed by atoms with Gasteiger partial charge in [0.2, 0.25) is 6.29 Å². The predicted molar refractivity (Wildman–Crippen MR) is 131 cm³/mol. The van der Waals surface area contributed by atoms with E-state index in [0.29, 0.717) is 0 Å². The largest absolute Gasteiger partial charge is 0.472 e.